The Labute approximate surface area is 153 Å². The fraction of sp³-hybridized carbons (Fsp3) is 0.222. The van der Waals surface area contributed by atoms with Crippen LogP contribution in [0.4, 0.5) is 11.6 Å². The fourth-order valence-electron chi connectivity index (χ4n) is 2.59. The maximum atomic E-state index is 11.8. The van der Waals surface area contributed by atoms with Gasteiger partial charge in [0.25, 0.3) is 0 Å². The zero-order chi connectivity index (χ0) is 18.8. The Balaban J connectivity index is 1.65. The second-order valence-electron chi connectivity index (χ2n) is 5.90. The molecule has 1 saturated heterocycles. The van der Waals surface area contributed by atoms with E-state index in [1.807, 2.05) is 6.07 Å². The summed E-state index contributed by atoms with van der Waals surface area (Å²) in [6, 6.07) is 8.64. The Hall–Kier alpha value is -3.64. The predicted molar refractivity (Wildman–Crippen MR) is 94.9 cm³/mol. The van der Waals surface area contributed by atoms with Gasteiger partial charge in [-0.05, 0) is 24.3 Å². The average Bonchev–Trinajstić information content (AvgIpc) is 3.07. The van der Waals surface area contributed by atoms with Crippen molar-refractivity contribution < 1.29 is 19.0 Å². The molecule has 2 N–H and O–H groups in total. The van der Waals surface area contributed by atoms with E-state index in [4.69, 9.17) is 19.5 Å². The molecule has 0 aliphatic carbocycles. The van der Waals surface area contributed by atoms with E-state index in [2.05, 4.69) is 20.3 Å². The van der Waals surface area contributed by atoms with Gasteiger partial charge in [0.05, 0.1) is 31.6 Å². The van der Waals surface area contributed by atoms with Crippen LogP contribution in [0.15, 0.2) is 30.5 Å². The normalized spacial score (nSPS) is 13.6. The first-order chi connectivity index (χ1) is 13.2. The largest absolute Gasteiger partial charge is 0.483 e. The highest BCUT2D eigenvalue weighted by atomic mass is 16.6. The van der Waals surface area contributed by atoms with Crippen LogP contribution in [0.25, 0.3) is 11.0 Å². The number of anilines is 2. The Morgan fingerprint density at radius 1 is 1.41 bits per heavy atom. The second-order valence-corrected chi connectivity index (χ2v) is 5.90. The maximum Gasteiger partial charge on any atom is 0.337 e. The molecule has 0 atom stereocenters. The van der Waals surface area contributed by atoms with Gasteiger partial charge in [0, 0.05) is 11.6 Å². The van der Waals surface area contributed by atoms with Crippen LogP contribution in [-0.2, 0) is 9.47 Å². The van der Waals surface area contributed by atoms with Crippen LogP contribution >= 0.6 is 0 Å². The van der Waals surface area contributed by atoms with Crippen molar-refractivity contribution in [1.82, 2.24) is 15.0 Å². The molecule has 3 heterocycles. The quantitative estimate of drug-likeness (QED) is 0.660. The van der Waals surface area contributed by atoms with E-state index in [1.54, 1.807) is 30.5 Å². The van der Waals surface area contributed by atoms with Gasteiger partial charge < -0.3 is 24.5 Å². The van der Waals surface area contributed by atoms with Crippen molar-refractivity contribution in [2.24, 2.45) is 0 Å². The van der Waals surface area contributed by atoms with Crippen molar-refractivity contribution in [3.05, 3.63) is 41.7 Å². The molecule has 0 amide bonds. The highest BCUT2D eigenvalue weighted by molar-refractivity contribution is 5.91. The van der Waals surface area contributed by atoms with Crippen molar-refractivity contribution in [3.63, 3.8) is 0 Å². The number of carbonyl (C=O) groups excluding carboxylic acids is 1. The standard InChI is InChI=1S/C18H15N5O4/c1-25-17(24)10-2-3-14(15(5-10)27-13-8-26-9-13)22-18-20-7-11-4-12(6-19)21-16(11)23-18/h2-5,7,13H,8-9H2,1H3,(H2,20,21,22,23). The summed E-state index contributed by atoms with van der Waals surface area (Å²) in [5.41, 5.74) is 1.93. The number of ether oxygens (including phenoxy) is 3. The summed E-state index contributed by atoms with van der Waals surface area (Å²) < 4.78 is 15.8. The van der Waals surface area contributed by atoms with Crippen LogP contribution in [0, 0.1) is 11.3 Å². The number of nitriles is 1. The molecule has 0 radical (unpaired) electrons. The molecule has 1 fully saturated rings. The molecule has 0 saturated carbocycles. The molecule has 4 rings (SSSR count). The summed E-state index contributed by atoms with van der Waals surface area (Å²) in [6.45, 7) is 0.980. The van der Waals surface area contributed by atoms with E-state index in [1.165, 1.54) is 7.11 Å². The number of H-pyrrole nitrogens is 1. The summed E-state index contributed by atoms with van der Waals surface area (Å²) in [4.78, 5) is 23.3. The lowest BCUT2D eigenvalue weighted by Crippen LogP contribution is -2.38. The second kappa shape index (κ2) is 6.93. The molecule has 0 unspecified atom stereocenters. The molecule has 9 heteroatoms. The number of carbonyl (C=O) groups is 1. The Kier molecular flexibility index (Phi) is 4.32. The van der Waals surface area contributed by atoms with Gasteiger partial charge in [-0.1, -0.05) is 0 Å². The molecule has 1 aromatic carbocycles. The van der Waals surface area contributed by atoms with Crippen molar-refractivity contribution in [2.75, 3.05) is 25.6 Å². The van der Waals surface area contributed by atoms with E-state index in [-0.39, 0.29) is 6.10 Å². The average molecular weight is 365 g/mol. The number of esters is 1. The number of nitrogens with zero attached hydrogens (tertiary/aromatic N) is 3. The highest BCUT2D eigenvalue weighted by Gasteiger charge is 2.22. The Morgan fingerprint density at radius 3 is 2.96 bits per heavy atom. The van der Waals surface area contributed by atoms with Crippen LogP contribution in [0.1, 0.15) is 16.1 Å². The summed E-state index contributed by atoms with van der Waals surface area (Å²) in [5.74, 6) is 0.345. The number of aromatic amines is 1. The minimum Gasteiger partial charge on any atom is -0.483 e. The third kappa shape index (κ3) is 3.38. The molecule has 9 nitrogen and oxygen atoms in total. The summed E-state index contributed by atoms with van der Waals surface area (Å²) in [5, 5.41) is 12.8. The lowest BCUT2D eigenvalue weighted by atomic mass is 10.2. The Morgan fingerprint density at radius 2 is 2.26 bits per heavy atom. The van der Waals surface area contributed by atoms with E-state index in [9.17, 15) is 4.79 Å². The molecule has 27 heavy (non-hydrogen) atoms. The van der Waals surface area contributed by atoms with Gasteiger partial charge >= 0.3 is 5.97 Å². The molecular formula is C18H15N5O4. The van der Waals surface area contributed by atoms with E-state index < -0.39 is 5.97 Å². The van der Waals surface area contributed by atoms with Gasteiger partial charge in [0.2, 0.25) is 5.95 Å². The van der Waals surface area contributed by atoms with Crippen molar-refractivity contribution in [2.45, 2.75) is 6.10 Å². The maximum absolute atomic E-state index is 11.8. The molecule has 3 aromatic rings. The topological polar surface area (TPSA) is 122 Å². The molecule has 0 bridgehead atoms. The van der Waals surface area contributed by atoms with Crippen molar-refractivity contribution in [1.29, 1.82) is 5.26 Å². The van der Waals surface area contributed by atoms with Crippen molar-refractivity contribution >= 4 is 28.6 Å². The number of aromatic nitrogens is 3. The number of rotatable bonds is 5. The lowest BCUT2D eigenvalue weighted by Gasteiger charge is -2.27. The van der Waals surface area contributed by atoms with Crippen LogP contribution in [-0.4, -0.2) is 47.3 Å². The first kappa shape index (κ1) is 16.8. The van der Waals surface area contributed by atoms with Gasteiger partial charge in [0.15, 0.2) is 0 Å². The number of methoxy groups -OCH3 is 1. The first-order valence-corrected chi connectivity index (χ1v) is 8.16. The zero-order valence-electron chi connectivity index (χ0n) is 14.4. The summed E-state index contributed by atoms with van der Waals surface area (Å²) in [6.07, 6.45) is 1.54. The SMILES string of the molecule is COC(=O)c1ccc(Nc2ncc3cc(C#N)[nH]c3n2)c(OC2COC2)c1. The van der Waals surface area contributed by atoms with Crippen LogP contribution < -0.4 is 10.1 Å². The first-order valence-electron chi connectivity index (χ1n) is 8.16. The number of benzene rings is 1. The molecule has 1 aliphatic heterocycles. The lowest BCUT2D eigenvalue weighted by molar-refractivity contribution is -0.0794. The predicted octanol–water partition coefficient (Wildman–Crippen LogP) is 2.14. The number of nitrogens with one attached hydrogen (secondary N) is 2. The van der Waals surface area contributed by atoms with Gasteiger partial charge in [-0.3, -0.25) is 0 Å². The summed E-state index contributed by atoms with van der Waals surface area (Å²) >= 11 is 0. The van der Waals surface area contributed by atoms with Crippen LogP contribution in [0.3, 0.4) is 0 Å². The van der Waals surface area contributed by atoms with Crippen LogP contribution in [0.2, 0.25) is 0 Å². The molecular weight excluding hydrogens is 350 g/mol. The monoisotopic (exact) mass is 365 g/mol. The fourth-order valence-corrected chi connectivity index (χ4v) is 2.59. The summed E-state index contributed by atoms with van der Waals surface area (Å²) in [7, 11) is 1.32. The highest BCUT2D eigenvalue weighted by Crippen LogP contribution is 2.30. The minimum atomic E-state index is -0.454. The smallest absolute Gasteiger partial charge is 0.337 e. The van der Waals surface area contributed by atoms with Gasteiger partial charge in [0.1, 0.15) is 29.3 Å². The van der Waals surface area contributed by atoms with Crippen molar-refractivity contribution in [3.8, 4) is 11.8 Å². The molecule has 0 spiro atoms. The van der Waals surface area contributed by atoms with Gasteiger partial charge in [-0.2, -0.15) is 10.2 Å². The van der Waals surface area contributed by atoms with Crippen LogP contribution in [0.5, 0.6) is 5.75 Å². The molecule has 2 aromatic heterocycles. The minimum absolute atomic E-state index is 0.0801. The molecule has 1 aliphatic rings. The number of fused-ring (bicyclic) bond motifs is 1. The number of hydrogen-bond acceptors (Lipinski definition) is 8. The van der Waals surface area contributed by atoms with E-state index >= 15 is 0 Å². The third-order valence-corrected chi connectivity index (χ3v) is 4.04. The Bertz CT molecular complexity index is 1050. The zero-order valence-corrected chi connectivity index (χ0v) is 14.4. The van der Waals surface area contributed by atoms with E-state index in [0.717, 1.165) is 5.39 Å². The third-order valence-electron chi connectivity index (χ3n) is 4.04. The van der Waals surface area contributed by atoms with Gasteiger partial charge in [-0.15, -0.1) is 0 Å². The molecule has 136 valence electrons. The van der Waals surface area contributed by atoms with E-state index in [0.29, 0.717) is 47.5 Å². The number of hydrogen-bond donors (Lipinski definition) is 2. The van der Waals surface area contributed by atoms with Gasteiger partial charge in [-0.25, -0.2) is 9.78 Å².